The molecule has 0 bridgehead atoms. The summed E-state index contributed by atoms with van der Waals surface area (Å²) in [5.41, 5.74) is 4.52. The summed E-state index contributed by atoms with van der Waals surface area (Å²) in [4.78, 5) is 17.4. The van der Waals surface area contributed by atoms with Crippen LogP contribution in [-0.2, 0) is 24.9 Å². The Morgan fingerprint density at radius 2 is 1.90 bits per heavy atom. The summed E-state index contributed by atoms with van der Waals surface area (Å²) in [7, 11) is 2.24. The van der Waals surface area contributed by atoms with Crippen LogP contribution in [0.2, 0.25) is 5.02 Å². The second kappa shape index (κ2) is 10.8. The standard InChI is InChI=1S/C31H43ClFN5O/c1-4-30(17-22(33)19-38(30)5-2)21-39-29-34-27-18-31(14-13-23-25(31)11-10-12-26(23)32)36(3)20-24(27)28(35-29)37-15-8-6-7-9-16-37/h10-12,22H,4-9,13-21H2,1-3H3/t22-,30+,31+/m1/s1. The van der Waals surface area contributed by atoms with Crippen molar-refractivity contribution < 1.29 is 9.13 Å². The third-order valence-electron chi connectivity index (χ3n) is 10.2. The molecule has 1 spiro atoms. The summed E-state index contributed by atoms with van der Waals surface area (Å²) >= 11 is 6.65. The van der Waals surface area contributed by atoms with E-state index in [1.807, 2.05) is 6.07 Å². The Labute approximate surface area is 237 Å². The summed E-state index contributed by atoms with van der Waals surface area (Å²) in [5.74, 6) is 1.04. The molecule has 212 valence electrons. The molecular weight excluding hydrogens is 513 g/mol. The number of rotatable bonds is 6. The zero-order valence-corrected chi connectivity index (χ0v) is 24.6. The van der Waals surface area contributed by atoms with Crippen molar-refractivity contribution in [3.05, 3.63) is 45.6 Å². The summed E-state index contributed by atoms with van der Waals surface area (Å²) in [6.45, 7) is 8.80. The van der Waals surface area contributed by atoms with Gasteiger partial charge in [0.2, 0.25) is 0 Å². The smallest absolute Gasteiger partial charge is 0.318 e. The Hall–Kier alpha value is -1.96. The number of likely N-dealkylation sites (N-methyl/N-ethyl adjacent to an activating group) is 2. The quantitative estimate of drug-likeness (QED) is 0.440. The normalized spacial score (nSPS) is 29.5. The maximum absolute atomic E-state index is 14.5. The highest BCUT2D eigenvalue weighted by molar-refractivity contribution is 6.31. The zero-order chi connectivity index (χ0) is 27.2. The van der Waals surface area contributed by atoms with Crippen LogP contribution >= 0.6 is 11.6 Å². The molecule has 4 aliphatic rings. The SMILES string of the molecule is CCN1C[C@H](F)C[C@@]1(CC)COc1nc2c(c(N3CCCCCC3)n1)CN(C)[C@@]1(CCc3c(Cl)cccc31)C2. The van der Waals surface area contributed by atoms with Crippen LogP contribution in [0.4, 0.5) is 10.2 Å². The van der Waals surface area contributed by atoms with E-state index in [4.69, 9.17) is 26.3 Å². The fourth-order valence-electron chi connectivity index (χ4n) is 7.83. The predicted molar refractivity (Wildman–Crippen MR) is 155 cm³/mol. The van der Waals surface area contributed by atoms with Gasteiger partial charge in [0.15, 0.2) is 0 Å². The zero-order valence-electron chi connectivity index (χ0n) is 23.8. The molecule has 0 radical (unpaired) electrons. The largest absolute Gasteiger partial charge is 0.461 e. The van der Waals surface area contributed by atoms with E-state index in [9.17, 15) is 4.39 Å². The number of anilines is 1. The van der Waals surface area contributed by atoms with E-state index < -0.39 is 6.17 Å². The summed E-state index contributed by atoms with van der Waals surface area (Å²) in [6.07, 6.45) is 8.28. The minimum Gasteiger partial charge on any atom is -0.461 e. The second-order valence-corrected chi connectivity index (χ2v) is 12.6. The van der Waals surface area contributed by atoms with Crippen LogP contribution in [0.3, 0.4) is 0 Å². The Kier molecular flexibility index (Phi) is 7.53. The average molecular weight is 556 g/mol. The molecule has 0 N–H and O–H groups in total. The average Bonchev–Trinajstić information content (AvgIpc) is 3.33. The monoisotopic (exact) mass is 555 g/mol. The van der Waals surface area contributed by atoms with Gasteiger partial charge in [0, 0.05) is 49.6 Å². The molecule has 0 saturated carbocycles. The number of ether oxygens (including phenoxy) is 1. The van der Waals surface area contributed by atoms with Crippen molar-refractivity contribution in [1.82, 2.24) is 19.8 Å². The Morgan fingerprint density at radius 1 is 1.10 bits per heavy atom. The topological polar surface area (TPSA) is 44.7 Å². The van der Waals surface area contributed by atoms with Crippen molar-refractivity contribution in [2.24, 2.45) is 0 Å². The number of aromatic nitrogens is 2. The number of nitrogens with zero attached hydrogens (tertiary/aromatic N) is 5. The van der Waals surface area contributed by atoms with Gasteiger partial charge in [-0.3, -0.25) is 9.80 Å². The highest BCUT2D eigenvalue weighted by Crippen LogP contribution is 2.49. The van der Waals surface area contributed by atoms with E-state index in [2.05, 4.69) is 47.7 Å². The number of likely N-dealkylation sites (tertiary alicyclic amines) is 1. The van der Waals surface area contributed by atoms with Crippen LogP contribution < -0.4 is 9.64 Å². The van der Waals surface area contributed by atoms with E-state index in [1.165, 1.54) is 42.4 Å². The van der Waals surface area contributed by atoms with Gasteiger partial charge < -0.3 is 9.64 Å². The lowest BCUT2D eigenvalue weighted by Gasteiger charge is -2.45. The third-order valence-corrected chi connectivity index (χ3v) is 10.5. The molecule has 0 unspecified atom stereocenters. The van der Waals surface area contributed by atoms with Crippen molar-refractivity contribution in [3.63, 3.8) is 0 Å². The highest BCUT2D eigenvalue weighted by atomic mass is 35.5. The number of hydrogen-bond donors (Lipinski definition) is 0. The fraction of sp³-hybridized carbons (Fsp3) is 0.677. The first kappa shape index (κ1) is 27.2. The Balaban J connectivity index is 1.37. The first-order chi connectivity index (χ1) is 18.9. The molecule has 3 aliphatic heterocycles. The number of fused-ring (bicyclic) bond motifs is 3. The van der Waals surface area contributed by atoms with Gasteiger partial charge in [-0.1, -0.05) is 50.4 Å². The summed E-state index contributed by atoms with van der Waals surface area (Å²) in [5, 5.41) is 0.869. The van der Waals surface area contributed by atoms with Crippen LogP contribution in [0.15, 0.2) is 18.2 Å². The van der Waals surface area contributed by atoms with Crippen LogP contribution in [0.1, 0.15) is 81.2 Å². The van der Waals surface area contributed by atoms with Gasteiger partial charge in [-0.2, -0.15) is 9.97 Å². The minimum absolute atomic E-state index is 0.120. The maximum Gasteiger partial charge on any atom is 0.318 e. The van der Waals surface area contributed by atoms with Gasteiger partial charge in [-0.25, -0.2) is 4.39 Å². The van der Waals surface area contributed by atoms with Gasteiger partial charge in [0.05, 0.1) is 16.8 Å². The molecule has 4 heterocycles. The van der Waals surface area contributed by atoms with Gasteiger partial charge in [-0.15, -0.1) is 0 Å². The van der Waals surface area contributed by atoms with Crippen molar-refractivity contribution >= 4 is 17.4 Å². The van der Waals surface area contributed by atoms with E-state index >= 15 is 0 Å². The molecule has 8 heteroatoms. The van der Waals surface area contributed by atoms with Crippen LogP contribution in [-0.4, -0.2) is 71.3 Å². The first-order valence-electron chi connectivity index (χ1n) is 15.0. The lowest BCUT2D eigenvalue weighted by atomic mass is 9.81. The van der Waals surface area contributed by atoms with Crippen molar-refractivity contribution in [3.8, 4) is 6.01 Å². The number of alkyl halides is 1. The molecule has 2 saturated heterocycles. The molecule has 39 heavy (non-hydrogen) atoms. The molecule has 6 rings (SSSR count). The molecule has 1 aromatic heterocycles. The number of halogens is 2. The first-order valence-corrected chi connectivity index (χ1v) is 15.4. The van der Waals surface area contributed by atoms with E-state index in [-0.39, 0.29) is 11.1 Å². The van der Waals surface area contributed by atoms with Crippen molar-refractivity contribution in [1.29, 1.82) is 0 Å². The van der Waals surface area contributed by atoms with E-state index in [0.29, 0.717) is 25.6 Å². The molecule has 0 amide bonds. The van der Waals surface area contributed by atoms with Gasteiger partial charge in [0.25, 0.3) is 0 Å². The summed E-state index contributed by atoms with van der Waals surface area (Å²) < 4.78 is 21.0. The molecule has 1 aromatic carbocycles. The fourth-order valence-corrected chi connectivity index (χ4v) is 8.10. The highest BCUT2D eigenvalue weighted by Gasteiger charge is 2.48. The van der Waals surface area contributed by atoms with Crippen LogP contribution in [0, 0.1) is 0 Å². The molecule has 2 aromatic rings. The van der Waals surface area contributed by atoms with E-state index in [0.717, 1.165) is 68.4 Å². The van der Waals surface area contributed by atoms with Crippen LogP contribution in [0.25, 0.3) is 0 Å². The van der Waals surface area contributed by atoms with Gasteiger partial charge >= 0.3 is 6.01 Å². The second-order valence-electron chi connectivity index (χ2n) is 12.2. The minimum atomic E-state index is -0.810. The Morgan fingerprint density at radius 3 is 2.64 bits per heavy atom. The molecule has 1 aliphatic carbocycles. The van der Waals surface area contributed by atoms with Gasteiger partial charge in [-0.05, 0) is 62.9 Å². The lowest BCUT2D eigenvalue weighted by molar-refractivity contribution is 0.0696. The van der Waals surface area contributed by atoms with Crippen LogP contribution in [0.5, 0.6) is 6.01 Å². The van der Waals surface area contributed by atoms with Gasteiger partial charge in [0.1, 0.15) is 18.6 Å². The van der Waals surface area contributed by atoms with E-state index in [1.54, 1.807) is 0 Å². The van der Waals surface area contributed by atoms with Crippen molar-refractivity contribution in [2.75, 3.05) is 44.7 Å². The molecule has 6 nitrogen and oxygen atoms in total. The third kappa shape index (κ3) is 4.72. The predicted octanol–water partition coefficient (Wildman–Crippen LogP) is 5.93. The lowest BCUT2D eigenvalue weighted by Crippen LogP contribution is -2.48. The molecular formula is C31H43ClFN5O. The number of benzene rings is 1. The Bertz CT molecular complexity index is 1200. The molecule has 2 fully saturated rings. The summed E-state index contributed by atoms with van der Waals surface area (Å²) in [6, 6.07) is 6.79. The maximum atomic E-state index is 14.5. The van der Waals surface area contributed by atoms with Crippen molar-refractivity contribution in [2.45, 2.75) is 95.4 Å². The number of hydrogen-bond acceptors (Lipinski definition) is 6. The molecule has 3 atom stereocenters.